The van der Waals surface area contributed by atoms with Crippen molar-refractivity contribution in [1.29, 1.82) is 0 Å². The van der Waals surface area contributed by atoms with E-state index in [2.05, 4.69) is 0 Å². The van der Waals surface area contributed by atoms with E-state index in [0.29, 0.717) is 17.8 Å². The minimum absolute atomic E-state index is 0.147. The van der Waals surface area contributed by atoms with Crippen LogP contribution in [0.15, 0.2) is 71.6 Å². The number of benzene rings is 3. The summed E-state index contributed by atoms with van der Waals surface area (Å²) in [6.45, 7) is 0.728. The lowest BCUT2D eigenvalue weighted by molar-refractivity contribution is 0.0700. The fourth-order valence-corrected chi connectivity index (χ4v) is 7.19. The molecule has 2 heterocycles. The van der Waals surface area contributed by atoms with E-state index in [-0.39, 0.29) is 17.4 Å². The van der Waals surface area contributed by atoms with Crippen molar-refractivity contribution in [3.05, 3.63) is 77.2 Å². The highest BCUT2D eigenvalue weighted by Crippen LogP contribution is 2.40. The van der Waals surface area contributed by atoms with Gasteiger partial charge in [-0.2, -0.15) is 4.31 Å². The molecular formula is C24H21NO4S2. The molecule has 1 N–H and O–H groups in total. The molecule has 31 heavy (non-hydrogen) atoms. The van der Waals surface area contributed by atoms with Crippen molar-refractivity contribution in [3.8, 4) is 0 Å². The van der Waals surface area contributed by atoms with Crippen LogP contribution in [0.4, 0.5) is 0 Å². The molecule has 0 radical (unpaired) electrons. The van der Waals surface area contributed by atoms with E-state index in [4.69, 9.17) is 0 Å². The number of hydrogen-bond donors (Lipinski definition) is 1. The summed E-state index contributed by atoms with van der Waals surface area (Å²) >= 11 is 1.26. The van der Waals surface area contributed by atoms with Crippen molar-refractivity contribution in [2.24, 2.45) is 0 Å². The topological polar surface area (TPSA) is 74.7 Å². The first-order valence-electron chi connectivity index (χ1n) is 10.2. The normalized spacial score (nSPS) is 17.9. The molecule has 1 aromatic heterocycles. The molecule has 1 unspecified atom stereocenters. The third-order valence-electron chi connectivity index (χ3n) is 5.98. The summed E-state index contributed by atoms with van der Waals surface area (Å²) in [7, 11) is -3.67. The summed E-state index contributed by atoms with van der Waals surface area (Å²) in [6, 6.07) is 20.5. The van der Waals surface area contributed by atoms with Gasteiger partial charge in [0.05, 0.1) is 4.90 Å². The number of hydrogen-bond acceptors (Lipinski definition) is 4. The van der Waals surface area contributed by atoms with E-state index in [1.807, 2.05) is 54.6 Å². The Balaban J connectivity index is 1.52. The van der Waals surface area contributed by atoms with Gasteiger partial charge < -0.3 is 5.11 Å². The van der Waals surface area contributed by atoms with Gasteiger partial charge in [-0.1, -0.05) is 48.5 Å². The van der Waals surface area contributed by atoms with Crippen molar-refractivity contribution >= 4 is 48.2 Å². The predicted molar refractivity (Wildman–Crippen MR) is 123 cm³/mol. The molecule has 5 nitrogen and oxygen atoms in total. The van der Waals surface area contributed by atoms with Crippen LogP contribution in [0.3, 0.4) is 0 Å². The van der Waals surface area contributed by atoms with E-state index in [0.717, 1.165) is 32.8 Å². The summed E-state index contributed by atoms with van der Waals surface area (Å²) < 4.78 is 29.3. The Morgan fingerprint density at radius 3 is 2.55 bits per heavy atom. The van der Waals surface area contributed by atoms with Crippen LogP contribution in [0.2, 0.25) is 0 Å². The second-order valence-electron chi connectivity index (χ2n) is 7.86. The molecule has 5 rings (SSSR count). The average Bonchev–Trinajstić information content (AvgIpc) is 3.19. The lowest BCUT2D eigenvalue weighted by atomic mass is 9.89. The van der Waals surface area contributed by atoms with Crippen LogP contribution < -0.4 is 0 Å². The largest absolute Gasteiger partial charge is 0.477 e. The Bertz CT molecular complexity index is 1410. The number of aromatic carboxylic acids is 1. The molecule has 3 aromatic carbocycles. The van der Waals surface area contributed by atoms with E-state index >= 15 is 0 Å². The monoisotopic (exact) mass is 451 g/mol. The number of rotatable bonds is 4. The third kappa shape index (κ3) is 3.52. The first-order valence-corrected chi connectivity index (χ1v) is 12.4. The van der Waals surface area contributed by atoms with Gasteiger partial charge in [-0.15, -0.1) is 11.3 Å². The molecule has 0 aliphatic carbocycles. The van der Waals surface area contributed by atoms with Crippen molar-refractivity contribution < 1.29 is 18.3 Å². The maximum Gasteiger partial charge on any atom is 0.346 e. The number of nitrogens with zero attached hydrogens (tertiary/aromatic N) is 1. The third-order valence-corrected chi connectivity index (χ3v) is 9.01. The highest BCUT2D eigenvalue weighted by Gasteiger charge is 2.34. The number of carboxylic acids is 1. The molecule has 0 amide bonds. The van der Waals surface area contributed by atoms with Gasteiger partial charge in [-0.25, -0.2) is 13.2 Å². The zero-order valence-corrected chi connectivity index (χ0v) is 18.3. The molecule has 1 fully saturated rings. The van der Waals surface area contributed by atoms with Gasteiger partial charge in [0.2, 0.25) is 10.0 Å². The lowest BCUT2D eigenvalue weighted by Gasteiger charge is -2.32. The molecule has 0 saturated carbocycles. The maximum atomic E-state index is 13.4. The van der Waals surface area contributed by atoms with Crippen LogP contribution in [0.5, 0.6) is 0 Å². The highest BCUT2D eigenvalue weighted by atomic mass is 32.2. The van der Waals surface area contributed by atoms with Crippen LogP contribution in [0, 0.1) is 0 Å². The number of piperidine rings is 1. The van der Waals surface area contributed by atoms with Crippen LogP contribution in [-0.4, -0.2) is 36.9 Å². The second-order valence-corrected chi connectivity index (χ2v) is 10.8. The minimum Gasteiger partial charge on any atom is -0.477 e. The smallest absolute Gasteiger partial charge is 0.346 e. The summed E-state index contributed by atoms with van der Waals surface area (Å²) in [5.74, 6) is -1.10. The summed E-state index contributed by atoms with van der Waals surface area (Å²) in [5.41, 5.74) is 0.770. The first-order chi connectivity index (χ1) is 14.9. The highest BCUT2D eigenvalue weighted by molar-refractivity contribution is 7.89. The maximum absolute atomic E-state index is 13.4. The molecule has 7 heteroatoms. The summed E-state index contributed by atoms with van der Waals surface area (Å²) in [4.78, 5) is 12.5. The average molecular weight is 452 g/mol. The van der Waals surface area contributed by atoms with Gasteiger partial charge in [0.15, 0.2) is 0 Å². The molecule has 0 bridgehead atoms. The number of carbonyl (C=O) groups is 1. The van der Waals surface area contributed by atoms with E-state index in [9.17, 15) is 18.3 Å². The standard InChI is InChI=1S/C24H21NO4S2/c26-24(27)23-22(20-9-3-4-10-21(20)30-23)18-8-5-13-25(15-18)31(28,29)19-12-11-16-6-1-2-7-17(16)14-19/h1-4,6-7,9-12,14,18H,5,8,13,15H2,(H,26,27). The van der Waals surface area contributed by atoms with Crippen LogP contribution in [0.1, 0.15) is 34.0 Å². The zero-order chi connectivity index (χ0) is 21.6. The van der Waals surface area contributed by atoms with E-state index < -0.39 is 16.0 Å². The Hall–Kier alpha value is -2.74. The molecule has 1 aliphatic heterocycles. The Labute approximate surface area is 184 Å². The zero-order valence-electron chi connectivity index (χ0n) is 16.7. The molecule has 158 valence electrons. The van der Waals surface area contributed by atoms with Crippen molar-refractivity contribution in [1.82, 2.24) is 4.31 Å². The summed E-state index contributed by atoms with van der Waals surface area (Å²) in [6.07, 6.45) is 1.46. The van der Waals surface area contributed by atoms with Crippen LogP contribution in [0.25, 0.3) is 20.9 Å². The number of carboxylic acid groups (broad SMARTS) is 1. The lowest BCUT2D eigenvalue weighted by Crippen LogP contribution is -2.39. The number of fused-ring (bicyclic) bond motifs is 2. The predicted octanol–water partition coefficient (Wildman–Crippen LogP) is 5.32. The Morgan fingerprint density at radius 1 is 1.00 bits per heavy atom. The molecule has 4 aromatic rings. The fraction of sp³-hybridized carbons (Fsp3) is 0.208. The van der Waals surface area contributed by atoms with Gasteiger partial charge in [0, 0.05) is 23.7 Å². The van der Waals surface area contributed by atoms with Gasteiger partial charge in [0.1, 0.15) is 4.88 Å². The molecule has 1 saturated heterocycles. The van der Waals surface area contributed by atoms with Crippen LogP contribution >= 0.6 is 11.3 Å². The molecule has 1 atom stereocenters. The first kappa shape index (κ1) is 20.2. The van der Waals surface area contributed by atoms with Gasteiger partial charge >= 0.3 is 5.97 Å². The van der Waals surface area contributed by atoms with Crippen molar-refractivity contribution in [2.45, 2.75) is 23.7 Å². The molecular weight excluding hydrogens is 430 g/mol. The minimum atomic E-state index is -3.67. The molecule has 1 aliphatic rings. The second kappa shape index (κ2) is 7.75. The Kier molecular flexibility index (Phi) is 5.04. The summed E-state index contributed by atoms with van der Waals surface area (Å²) in [5, 5.41) is 12.6. The van der Waals surface area contributed by atoms with Crippen molar-refractivity contribution in [2.75, 3.05) is 13.1 Å². The van der Waals surface area contributed by atoms with Crippen molar-refractivity contribution in [3.63, 3.8) is 0 Å². The SMILES string of the molecule is O=C(O)c1sc2ccccc2c1C1CCCN(S(=O)(=O)c2ccc3ccccc3c2)C1. The number of sulfonamides is 1. The Morgan fingerprint density at radius 2 is 1.74 bits per heavy atom. The molecule has 0 spiro atoms. The van der Waals surface area contributed by atoms with Gasteiger partial charge in [0.25, 0.3) is 0 Å². The van der Waals surface area contributed by atoms with Crippen LogP contribution in [-0.2, 0) is 10.0 Å². The van der Waals surface area contributed by atoms with E-state index in [1.54, 1.807) is 12.1 Å². The van der Waals surface area contributed by atoms with Gasteiger partial charge in [-0.05, 0) is 52.8 Å². The quantitative estimate of drug-likeness (QED) is 0.456. The van der Waals surface area contributed by atoms with Gasteiger partial charge in [-0.3, -0.25) is 0 Å². The fourth-order valence-electron chi connectivity index (χ4n) is 4.50. The van der Waals surface area contributed by atoms with E-state index in [1.165, 1.54) is 15.6 Å². The number of thiophene rings is 1.